The van der Waals surface area contributed by atoms with E-state index >= 15 is 0 Å². The molecule has 1 aromatic carbocycles. The Balaban J connectivity index is 3.29. The van der Waals surface area contributed by atoms with Gasteiger partial charge in [0.25, 0.3) is 0 Å². The van der Waals surface area contributed by atoms with Gasteiger partial charge in [0, 0.05) is 0 Å². The summed E-state index contributed by atoms with van der Waals surface area (Å²) in [5, 5.41) is 0.452. The number of hydrogen-bond donors (Lipinski definition) is 2. The number of nitrogen functional groups attached to an aromatic ring is 2. The van der Waals surface area contributed by atoms with Crippen molar-refractivity contribution in [1.29, 1.82) is 0 Å². The van der Waals surface area contributed by atoms with Gasteiger partial charge in [-0.3, -0.25) is 0 Å². The molecule has 1 rings (SSSR count). The predicted molar refractivity (Wildman–Crippen MR) is 59.0 cm³/mol. The molecule has 0 atom stereocenters. The van der Waals surface area contributed by atoms with E-state index in [1.54, 1.807) is 0 Å². The van der Waals surface area contributed by atoms with Crippen LogP contribution in [-0.2, 0) is 5.41 Å². The molecule has 0 aliphatic rings. The van der Waals surface area contributed by atoms with Gasteiger partial charge in [-0.1, -0.05) is 32.4 Å². The lowest BCUT2D eigenvalue weighted by atomic mass is 9.86. The van der Waals surface area contributed by atoms with Gasteiger partial charge in [-0.05, 0) is 23.1 Å². The molecule has 0 aliphatic heterocycles. The molecule has 0 saturated heterocycles. The summed E-state index contributed by atoms with van der Waals surface area (Å²) in [4.78, 5) is 0. The highest BCUT2D eigenvalue weighted by Gasteiger charge is 2.16. The van der Waals surface area contributed by atoms with Gasteiger partial charge >= 0.3 is 0 Å². The zero-order valence-electron chi connectivity index (χ0n) is 8.19. The monoisotopic (exact) mass is 198 g/mol. The SMILES string of the molecule is CC(C)(C)c1cc(N)c(Cl)c(N)c1. The van der Waals surface area contributed by atoms with Crippen LogP contribution in [0.4, 0.5) is 11.4 Å². The molecule has 0 spiro atoms. The minimum atomic E-state index is 0.0484. The van der Waals surface area contributed by atoms with Crippen LogP contribution in [0.1, 0.15) is 26.3 Å². The lowest BCUT2D eigenvalue weighted by Crippen LogP contribution is -2.12. The topological polar surface area (TPSA) is 52.0 Å². The molecule has 0 fully saturated rings. The van der Waals surface area contributed by atoms with Gasteiger partial charge in [0.15, 0.2) is 0 Å². The first-order valence-corrected chi connectivity index (χ1v) is 4.55. The standard InChI is InChI=1S/C10H15ClN2/c1-10(2,3)6-4-7(12)9(11)8(13)5-6/h4-5H,12-13H2,1-3H3. The first-order valence-electron chi connectivity index (χ1n) is 4.17. The average molecular weight is 199 g/mol. The molecule has 0 aromatic heterocycles. The summed E-state index contributed by atoms with van der Waals surface area (Å²) in [6, 6.07) is 3.75. The van der Waals surface area contributed by atoms with Crippen LogP contribution < -0.4 is 11.5 Å². The van der Waals surface area contributed by atoms with Crippen LogP contribution in [0.3, 0.4) is 0 Å². The second-order valence-electron chi connectivity index (χ2n) is 4.22. The molecular weight excluding hydrogens is 184 g/mol. The van der Waals surface area contributed by atoms with Crippen molar-refractivity contribution in [2.45, 2.75) is 26.2 Å². The summed E-state index contributed by atoms with van der Waals surface area (Å²) >= 11 is 5.85. The fraction of sp³-hybridized carbons (Fsp3) is 0.400. The quantitative estimate of drug-likeness (QED) is 0.630. The molecule has 13 heavy (non-hydrogen) atoms. The third-order valence-electron chi connectivity index (χ3n) is 1.99. The summed E-state index contributed by atoms with van der Waals surface area (Å²) in [5.41, 5.74) is 13.7. The molecule has 0 amide bonds. The maximum Gasteiger partial charge on any atom is 0.0864 e. The van der Waals surface area contributed by atoms with E-state index in [-0.39, 0.29) is 5.41 Å². The second-order valence-corrected chi connectivity index (χ2v) is 4.60. The van der Waals surface area contributed by atoms with E-state index in [1.807, 2.05) is 12.1 Å². The Bertz CT molecular complexity index is 303. The molecular formula is C10H15ClN2. The summed E-state index contributed by atoms with van der Waals surface area (Å²) in [7, 11) is 0. The van der Waals surface area contributed by atoms with Gasteiger partial charge < -0.3 is 11.5 Å². The molecule has 0 saturated carbocycles. The highest BCUT2D eigenvalue weighted by Crippen LogP contribution is 2.32. The number of rotatable bonds is 0. The maximum atomic E-state index is 5.85. The number of anilines is 2. The van der Waals surface area contributed by atoms with Crippen LogP contribution >= 0.6 is 11.6 Å². The van der Waals surface area contributed by atoms with Crippen LogP contribution in [-0.4, -0.2) is 0 Å². The number of nitrogens with two attached hydrogens (primary N) is 2. The Hall–Kier alpha value is -0.890. The Labute approximate surface area is 83.9 Å². The van der Waals surface area contributed by atoms with Crippen LogP contribution in [0.2, 0.25) is 5.02 Å². The third kappa shape index (κ3) is 2.07. The molecule has 0 aliphatic carbocycles. The number of halogens is 1. The summed E-state index contributed by atoms with van der Waals surface area (Å²) in [6.45, 7) is 6.32. The van der Waals surface area contributed by atoms with E-state index in [0.717, 1.165) is 5.56 Å². The Morgan fingerprint density at radius 2 is 1.46 bits per heavy atom. The van der Waals surface area contributed by atoms with Crippen molar-refractivity contribution in [2.24, 2.45) is 0 Å². The van der Waals surface area contributed by atoms with Gasteiger partial charge in [-0.15, -0.1) is 0 Å². The average Bonchev–Trinajstić information content (AvgIpc) is 1.97. The van der Waals surface area contributed by atoms with E-state index in [1.165, 1.54) is 0 Å². The Morgan fingerprint density at radius 1 is 1.08 bits per heavy atom. The molecule has 2 nitrogen and oxygen atoms in total. The predicted octanol–water partition coefficient (Wildman–Crippen LogP) is 2.80. The number of hydrogen-bond acceptors (Lipinski definition) is 2. The molecule has 3 heteroatoms. The third-order valence-corrected chi connectivity index (χ3v) is 2.43. The van der Waals surface area contributed by atoms with Gasteiger partial charge in [0.1, 0.15) is 0 Å². The minimum Gasteiger partial charge on any atom is -0.397 e. The lowest BCUT2D eigenvalue weighted by molar-refractivity contribution is 0.591. The highest BCUT2D eigenvalue weighted by atomic mass is 35.5. The molecule has 1 aromatic rings. The number of benzene rings is 1. The largest absolute Gasteiger partial charge is 0.397 e. The van der Waals surface area contributed by atoms with Gasteiger partial charge in [-0.25, -0.2) is 0 Å². The molecule has 0 heterocycles. The first kappa shape index (κ1) is 10.2. The zero-order chi connectivity index (χ0) is 10.2. The van der Waals surface area contributed by atoms with Crippen molar-refractivity contribution in [2.75, 3.05) is 11.5 Å². The van der Waals surface area contributed by atoms with E-state index in [9.17, 15) is 0 Å². The van der Waals surface area contributed by atoms with Crippen molar-refractivity contribution in [1.82, 2.24) is 0 Å². The van der Waals surface area contributed by atoms with Crippen molar-refractivity contribution < 1.29 is 0 Å². The van der Waals surface area contributed by atoms with Crippen molar-refractivity contribution in [3.05, 3.63) is 22.7 Å². The van der Waals surface area contributed by atoms with E-state index < -0.39 is 0 Å². The van der Waals surface area contributed by atoms with E-state index in [0.29, 0.717) is 16.4 Å². The lowest BCUT2D eigenvalue weighted by Gasteiger charge is -2.20. The normalized spacial score (nSPS) is 11.7. The van der Waals surface area contributed by atoms with Crippen LogP contribution in [0.15, 0.2) is 12.1 Å². The molecule has 72 valence electrons. The van der Waals surface area contributed by atoms with E-state index in [2.05, 4.69) is 20.8 Å². The summed E-state index contributed by atoms with van der Waals surface area (Å²) in [5.74, 6) is 0. The molecule has 0 unspecified atom stereocenters. The van der Waals surface area contributed by atoms with Gasteiger partial charge in [0.2, 0.25) is 0 Å². The fourth-order valence-corrected chi connectivity index (χ4v) is 1.21. The molecule has 0 radical (unpaired) electrons. The molecule has 0 bridgehead atoms. The first-order chi connectivity index (χ1) is 5.82. The second kappa shape index (κ2) is 3.11. The van der Waals surface area contributed by atoms with Crippen LogP contribution in [0.5, 0.6) is 0 Å². The van der Waals surface area contributed by atoms with Crippen LogP contribution in [0.25, 0.3) is 0 Å². The van der Waals surface area contributed by atoms with Crippen molar-refractivity contribution in [3.8, 4) is 0 Å². The fourth-order valence-electron chi connectivity index (χ4n) is 1.10. The Morgan fingerprint density at radius 3 is 1.77 bits per heavy atom. The van der Waals surface area contributed by atoms with Gasteiger partial charge in [0.05, 0.1) is 16.4 Å². The highest BCUT2D eigenvalue weighted by molar-refractivity contribution is 6.35. The molecule has 4 N–H and O–H groups in total. The van der Waals surface area contributed by atoms with Crippen molar-refractivity contribution in [3.63, 3.8) is 0 Å². The van der Waals surface area contributed by atoms with Crippen molar-refractivity contribution >= 4 is 23.0 Å². The zero-order valence-corrected chi connectivity index (χ0v) is 8.94. The van der Waals surface area contributed by atoms with Gasteiger partial charge in [-0.2, -0.15) is 0 Å². The summed E-state index contributed by atoms with van der Waals surface area (Å²) in [6.07, 6.45) is 0. The summed E-state index contributed by atoms with van der Waals surface area (Å²) < 4.78 is 0. The smallest absolute Gasteiger partial charge is 0.0864 e. The van der Waals surface area contributed by atoms with E-state index in [4.69, 9.17) is 23.1 Å². The Kier molecular flexibility index (Phi) is 2.44. The minimum absolute atomic E-state index is 0.0484. The maximum absolute atomic E-state index is 5.85. The van der Waals surface area contributed by atoms with Crippen LogP contribution in [0, 0.1) is 0 Å².